The van der Waals surface area contributed by atoms with E-state index in [4.69, 9.17) is 0 Å². The zero-order valence-corrected chi connectivity index (χ0v) is 13.7. The summed E-state index contributed by atoms with van der Waals surface area (Å²) in [6, 6.07) is -0.398. The van der Waals surface area contributed by atoms with Crippen LogP contribution in [0.15, 0.2) is 0 Å². The third kappa shape index (κ3) is 4.65. The van der Waals surface area contributed by atoms with E-state index in [9.17, 15) is 21.6 Å². The molecular weight excluding hydrogens is 316 g/mol. The van der Waals surface area contributed by atoms with Crippen LogP contribution in [0.1, 0.15) is 25.7 Å². The molecule has 2 fully saturated rings. The molecule has 1 heterocycles. The number of hydrogen-bond acceptors (Lipinski definition) is 5. The predicted molar refractivity (Wildman–Crippen MR) is 79.0 cm³/mol. The van der Waals surface area contributed by atoms with Gasteiger partial charge in [0, 0.05) is 13.1 Å². The summed E-state index contributed by atoms with van der Waals surface area (Å²) >= 11 is 0. The Kier molecular flexibility index (Phi) is 4.94. The third-order valence-corrected chi connectivity index (χ3v) is 7.85. The maximum absolute atomic E-state index is 12.1. The lowest BCUT2D eigenvalue weighted by molar-refractivity contribution is -0.121. The summed E-state index contributed by atoms with van der Waals surface area (Å²) in [5.74, 6) is -0.128. The van der Waals surface area contributed by atoms with Gasteiger partial charge < -0.3 is 5.32 Å². The van der Waals surface area contributed by atoms with E-state index in [1.165, 1.54) is 7.05 Å². The average molecular weight is 338 g/mol. The molecule has 1 aliphatic heterocycles. The zero-order valence-electron chi connectivity index (χ0n) is 12.1. The van der Waals surface area contributed by atoms with Crippen molar-refractivity contribution in [2.45, 2.75) is 31.7 Å². The SMILES string of the molecule is CN(CC(=O)NC1CCS(=O)(=O)C1)S(=O)(=O)CC1CCC1. The van der Waals surface area contributed by atoms with E-state index in [2.05, 4.69) is 5.32 Å². The number of carbonyl (C=O) groups is 1. The van der Waals surface area contributed by atoms with Crippen LogP contribution in [0.3, 0.4) is 0 Å². The average Bonchev–Trinajstić information content (AvgIpc) is 2.63. The maximum Gasteiger partial charge on any atom is 0.235 e. The van der Waals surface area contributed by atoms with E-state index >= 15 is 0 Å². The Morgan fingerprint density at radius 1 is 1.29 bits per heavy atom. The molecule has 1 saturated heterocycles. The summed E-state index contributed by atoms with van der Waals surface area (Å²) in [6.07, 6.45) is 3.32. The Morgan fingerprint density at radius 3 is 2.43 bits per heavy atom. The number of amides is 1. The quantitative estimate of drug-likeness (QED) is 0.694. The molecule has 0 spiro atoms. The van der Waals surface area contributed by atoms with Gasteiger partial charge in [0.2, 0.25) is 15.9 Å². The Labute approximate surface area is 126 Å². The first-order chi connectivity index (χ1) is 9.68. The van der Waals surface area contributed by atoms with Gasteiger partial charge in [-0.3, -0.25) is 4.79 Å². The second-order valence-corrected chi connectivity index (χ2v) is 10.3. The number of sulfonamides is 1. The van der Waals surface area contributed by atoms with Crippen LogP contribution >= 0.6 is 0 Å². The van der Waals surface area contributed by atoms with Crippen LogP contribution in [-0.2, 0) is 24.7 Å². The van der Waals surface area contributed by atoms with Crippen LogP contribution in [0.5, 0.6) is 0 Å². The van der Waals surface area contributed by atoms with Crippen molar-refractivity contribution in [2.75, 3.05) is 30.9 Å². The molecule has 1 unspecified atom stereocenters. The van der Waals surface area contributed by atoms with Gasteiger partial charge in [0.05, 0.1) is 23.8 Å². The van der Waals surface area contributed by atoms with Gasteiger partial charge in [-0.05, 0) is 25.2 Å². The number of hydrogen-bond donors (Lipinski definition) is 1. The van der Waals surface area contributed by atoms with Gasteiger partial charge in [0.1, 0.15) is 0 Å². The fourth-order valence-corrected chi connectivity index (χ4v) is 5.74. The Bertz CT molecular complexity index is 595. The summed E-state index contributed by atoms with van der Waals surface area (Å²) in [7, 11) is -5.09. The van der Waals surface area contributed by atoms with Gasteiger partial charge in [-0.2, -0.15) is 4.31 Å². The van der Waals surface area contributed by atoms with Crippen LogP contribution < -0.4 is 5.32 Å². The van der Waals surface area contributed by atoms with E-state index in [1.54, 1.807) is 0 Å². The highest BCUT2D eigenvalue weighted by atomic mass is 32.2. The lowest BCUT2D eigenvalue weighted by atomic mass is 9.87. The highest BCUT2D eigenvalue weighted by Gasteiger charge is 2.31. The first-order valence-corrected chi connectivity index (χ1v) is 10.5. The molecule has 0 aromatic heterocycles. The van der Waals surface area contributed by atoms with E-state index in [0.29, 0.717) is 6.42 Å². The van der Waals surface area contributed by atoms with Crippen molar-refractivity contribution in [3.05, 3.63) is 0 Å². The molecule has 1 atom stereocenters. The second-order valence-electron chi connectivity index (χ2n) is 6.00. The van der Waals surface area contributed by atoms with E-state index < -0.39 is 31.8 Å². The normalized spacial score (nSPS) is 25.7. The summed E-state index contributed by atoms with van der Waals surface area (Å²) < 4.78 is 47.8. The predicted octanol–water partition coefficient (Wildman–Crippen LogP) is -0.649. The largest absolute Gasteiger partial charge is 0.351 e. The minimum Gasteiger partial charge on any atom is -0.351 e. The number of carbonyl (C=O) groups excluding carboxylic acids is 1. The van der Waals surface area contributed by atoms with Gasteiger partial charge >= 0.3 is 0 Å². The van der Waals surface area contributed by atoms with Gasteiger partial charge in [0.15, 0.2) is 9.84 Å². The standard InChI is InChI=1S/C12H22N2O5S2/c1-14(21(18,19)8-10-3-2-4-10)7-12(15)13-11-5-6-20(16,17)9-11/h10-11H,2-9H2,1H3,(H,13,15). The lowest BCUT2D eigenvalue weighted by Gasteiger charge is -2.27. The van der Waals surface area contributed by atoms with E-state index in [0.717, 1.165) is 23.6 Å². The minimum atomic E-state index is -3.42. The van der Waals surface area contributed by atoms with Crippen molar-refractivity contribution in [1.82, 2.24) is 9.62 Å². The van der Waals surface area contributed by atoms with Gasteiger partial charge in [-0.15, -0.1) is 0 Å². The number of nitrogens with one attached hydrogen (secondary N) is 1. The molecule has 0 radical (unpaired) electrons. The molecule has 1 aliphatic carbocycles. The fraction of sp³-hybridized carbons (Fsp3) is 0.917. The number of nitrogens with zero attached hydrogens (tertiary/aromatic N) is 1. The molecule has 0 aromatic carbocycles. The highest BCUT2D eigenvalue weighted by molar-refractivity contribution is 7.91. The second kappa shape index (κ2) is 6.21. The monoisotopic (exact) mass is 338 g/mol. The number of likely N-dealkylation sites (N-methyl/N-ethyl adjacent to an activating group) is 1. The lowest BCUT2D eigenvalue weighted by Crippen LogP contribution is -2.44. The van der Waals surface area contributed by atoms with Crippen molar-refractivity contribution >= 4 is 25.8 Å². The van der Waals surface area contributed by atoms with Gasteiger partial charge in [-0.1, -0.05) is 6.42 Å². The topological polar surface area (TPSA) is 101 Å². The molecule has 7 nitrogen and oxygen atoms in total. The molecule has 122 valence electrons. The smallest absolute Gasteiger partial charge is 0.235 e. The van der Waals surface area contributed by atoms with Crippen molar-refractivity contribution in [3.63, 3.8) is 0 Å². The Morgan fingerprint density at radius 2 is 1.95 bits per heavy atom. The molecule has 0 bridgehead atoms. The van der Waals surface area contributed by atoms with Crippen LogP contribution in [0.25, 0.3) is 0 Å². The zero-order chi connectivity index (χ0) is 15.7. The highest BCUT2D eigenvalue weighted by Crippen LogP contribution is 2.28. The fourth-order valence-electron chi connectivity index (χ4n) is 2.57. The first-order valence-electron chi connectivity index (χ1n) is 7.12. The molecule has 21 heavy (non-hydrogen) atoms. The van der Waals surface area contributed by atoms with Crippen LogP contribution in [-0.4, -0.2) is 63.9 Å². The molecule has 1 saturated carbocycles. The van der Waals surface area contributed by atoms with Crippen LogP contribution in [0.2, 0.25) is 0 Å². The first kappa shape index (κ1) is 16.7. The van der Waals surface area contributed by atoms with Crippen LogP contribution in [0, 0.1) is 5.92 Å². The van der Waals surface area contributed by atoms with Gasteiger partial charge in [-0.25, -0.2) is 16.8 Å². The van der Waals surface area contributed by atoms with E-state index in [-0.39, 0.29) is 29.7 Å². The molecule has 9 heteroatoms. The van der Waals surface area contributed by atoms with Crippen LogP contribution in [0.4, 0.5) is 0 Å². The Balaban J connectivity index is 1.81. The Hall–Kier alpha value is -0.670. The van der Waals surface area contributed by atoms with Crippen molar-refractivity contribution in [1.29, 1.82) is 0 Å². The van der Waals surface area contributed by atoms with Crippen molar-refractivity contribution < 1.29 is 21.6 Å². The molecule has 1 amide bonds. The summed E-state index contributed by atoms with van der Waals surface area (Å²) in [6.45, 7) is -0.258. The van der Waals surface area contributed by atoms with Crippen molar-refractivity contribution in [3.8, 4) is 0 Å². The van der Waals surface area contributed by atoms with Crippen molar-refractivity contribution in [2.24, 2.45) is 5.92 Å². The molecule has 0 aromatic rings. The molecular formula is C12H22N2O5S2. The molecule has 1 N–H and O–H groups in total. The number of sulfone groups is 1. The third-order valence-electron chi connectivity index (χ3n) is 4.11. The molecule has 2 aliphatic rings. The molecule has 2 rings (SSSR count). The minimum absolute atomic E-state index is 0.0583. The van der Waals surface area contributed by atoms with E-state index in [1.807, 2.05) is 0 Å². The summed E-state index contributed by atoms with van der Waals surface area (Å²) in [4.78, 5) is 11.8. The summed E-state index contributed by atoms with van der Waals surface area (Å²) in [5, 5.41) is 2.59. The summed E-state index contributed by atoms with van der Waals surface area (Å²) in [5.41, 5.74) is 0. The maximum atomic E-state index is 12.1. The number of rotatable bonds is 6. The van der Waals surface area contributed by atoms with Gasteiger partial charge in [0.25, 0.3) is 0 Å².